The second kappa shape index (κ2) is 9.55. The van der Waals surface area contributed by atoms with Crippen LogP contribution in [0.4, 0.5) is 0 Å². The Hall–Kier alpha value is -1.34. The fourth-order valence-corrected chi connectivity index (χ4v) is 4.41. The fourth-order valence-electron chi connectivity index (χ4n) is 2.75. The molecule has 0 amide bonds. The highest BCUT2D eigenvalue weighted by Gasteiger charge is 2.52. The lowest BCUT2D eigenvalue weighted by Gasteiger charge is -2.35. The Morgan fingerprint density at radius 2 is 1.85 bits per heavy atom. The van der Waals surface area contributed by atoms with Crippen molar-refractivity contribution in [2.45, 2.75) is 38.2 Å². The van der Waals surface area contributed by atoms with Gasteiger partial charge in [0.25, 0.3) is 10.1 Å². The first-order chi connectivity index (χ1) is 12.1. The number of benzene rings is 1. The summed E-state index contributed by atoms with van der Waals surface area (Å²) in [6.07, 6.45) is -0.243. The average molecular weight is 405 g/mol. The molecule has 0 aliphatic rings. The van der Waals surface area contributed by atoms with Gasteiger partial charge in [-0.2, -0.15) is 8.42 Å². The molecule has 3 unspecified atom stereocenters. The van der Waals surface area contributed by atoms with Crippen molar-refractivity contribution in [1.29, 1.82) is 0 Å². The summed E-state index contributed by atoms with van der Waals surface area (Å²) in [5, 5.41) is 9.72. The number of hydrogen-bond donors (Lipinski definition) is 1. The Kier molecular flexibility index (Phi) is 8.34. The summed E-state index contributed by atoms with van der Waals surface area (Å²) < 4.78 is 46.7. The summed E-state index contributed by atoms with van der Waals surface area (Å²) in [5.41, 5.74) is -0.868. The molecule has 146 valence electrons. The van der Waals surface area contributed by atoms with Crippen LogP contribution >= 0.6 is 8.46 Å². The van der Waals surface area contributed by atoms with Crippen molar-refractivity contribution in [3.8, 4) is 0 Å². The van der Waals surface area contributed by atoms with Gasteiger partial charge in [-0.15, -0.1) is 0 Å². The maximum Gasteiger partial charge on any atom is 0.340 e. The smallest absolute Gasteiger partial charge is 0.340 e. The summed E-state index contributed by atoms with van der Waals surface area (Å²) in [6.45, 7) is 6.66. The summed E-state index contributed by atoms with van der Waals surface area (Å²) >= 11 is 0. The molecule has 0 spiro atoms. The molecule has 9 heteroatoms. The van der Waals surface area contributed by atoms with Crippen LogP contribution in [0, 0.1) is 18.8 Å². The van der Waals surface area contributed by atoms with Crippen LogP contribution < -0.4 is 0 Å². The van der Waals surface area contributed by atoms with Gasteiger partial charge in [0.1, 0.15) is 0 Å². The van der Waals surface area contributed by atoms with Gasteiger partial charge in [-0.1, -0.05) is 36.1 Å². The van der Waals surface area contributed by atoms with Crippen molar-refractivity contribution in [2.24, 2.45) is 11.8 Å². The highest BCUT2D eigenvalue weighted by atomic mass is 32.2. The first kappa shape index (κ1) is 22.7. The molecule has 1 N–H and O–H groups in total. The molecule has 7 nitrogen and oxygen atoms in total. The summed E-state index contributed by atoms with van der Waals surface area (Å²) in [7, 11) is -4.95. The number of carbonyl (C=O) groups is 1. The highest BCUT2D eigenvalue weighted by molar-refractivity contribution is 7.86. The molecule has 0 aromatic heterocycles. The van der Waals surface area contributed by atoms with E-state index in [0.717, 1.165) is 5.56 Å². The average Bonchev–Trinajstić information content (AvgIpc) is 2.55. The molecule has 0 aliphatic heterocycles. The predicted molar refractivity (Wildman–Crippen MR) is 98.5 cm³/mol. The summed E-state index contributed by atoms with van der Waals surface area (Å²) in [4.78, 5) is 11.9. The Bertz CT molecular complexity index is 715. The Morgan fingerprint density at radius 1 is 1.27 bits per heavy atom. The summed E-state index contributed by atoms with van der Waals surface area (Å²) in [6, 6.07) is 6.16. The molecule has 0 fully saturated rings. The molecule has 0 heterocycles. The molecule has 0 radical (unpaired) electrons. The maximum absolute atomic E-state index is 12.4. The van der Waals surface area contributed by atoms with Crippen molar-refractivity contribution in [3.63, 3.8) is 0 Å². The van der Waals surface area contributed by atoms with E-state index in [1.165, 1.54) is 12.1 Å². The predicted octanol–water partition coefficient (Wildman–Crippen LogP) is 2.86. The second-order valence-electron chi connectivity index (χ2n) is 6.35. The van der Waals surface area contributed by atoms with Crippen LogP contribution in [0.5, 0.6) is 0 Å². The van der Waals surface area contributed by atoms with Gasteiger partial charge in [0, 0.05) is 12.5 Å². The minimum Gasteiger partial charge on any atom is -0.479 e. The Balaban J connectivity index is 3.14. The second-order valence-corrected chi connectivity index (χ2v) is 8.61. The normalized spacial score (nSPS) is 15.7. The zero-order valence-corrected chi connectivity index (χ0v) is 17.2. The van der Waals surface area contributed by atoms with Gasteiger partial charge in [0.05, 0.1) is 11.5 Å². The van der Waals surface area contributed by atoms with E-state index in [0.29, 0.717) is 0 Å². The van der Waals surface area contributed by atoms with Crippen LogP contribution in [0.1, 0.15) is 26.3 Å². The first-order valence-electron chi connectivity index (χ1n) is 8.29. The van der Waals surface area contributed by atoms with Crippen LogP contribution in [0.3, 0.4) is 0 Å². The SMILES string of the molecule is CCOC(C[PH+]=O)(C(=O)O)C(COS(=O)(=O)c1ccc(C)cc1)C(C)C. The van der Waals surface area contributed by atoms with E-state index in [2.05, 4.69) is 0 Å². The number of carboxylic acids is 1. The number of hydrogen-bond acceptors (Lipinski definition) is 6. The minimum atomic E-state index is -4.05. The number of aryl methyl sites for hydroxylation is 1. The van der Waals surface area contributed by atoms with Crippen LogP contribution in [-0.4, -0.2) is 44.5 Å². The lowest BCUT2D eigenvalue weighted by molar-refractivity contribution is -0.174. The minimum absolute atomic E-state index is 0.00589. The van der Waals surface area contributed by atoms with Crippen molar-refractivity contribution in [2.75, 3.05) is 19.4 Å². The van der Waals surface area contributed by atoms with Crippen molar-refractivity contribution < 1.29 is 31.8 Å². The van der Waals surface area contributed by atoms with E-state index in [-0.39, 0.29) is 30.2 Å². The molecule has 1 aromatic rings. The van der Waals surface area contributed by atoms with Gasteiger partial charge in [-0.3, -0.25) is 4.18 Å². The van der Waals surface area contributed by atoms with E-state index >= 15 is 0 Å². The molecule has 26 heavy (non-hydrogen) atoms. The van der Waals surface area contributed by atoms with E-state index < -0.39 is 36.1 Å². The Labute approximate surface area is 156 Å². The van der Waals surface area contributed by atoms with Crippen molar-refractivity contribution in [1.82, 2.24) is 0 Å². The maximum atomic E-state index is 12.4. The largest absolute Gasteiger partial charge is 0.479 e. The van der Waals surface area contributed by atoms with Gasteiger partial charge in [-0.05, 0) is 31.9 Å². The van der Waals surface area contributed by atoms with Gasteiger partial charge in [0.2, 0.25) is 5.60 Å². The molecule has 0 bridgehead atoms. The highest BCUT2D eigenvalue weighted by Crippen LogP contribution is 2.33. The molecule has 1 rings (SSSR count). The molecule has 3 atom stereocenters. The third-order valence-electron chi connectivity index (χ3n) is 4.21. The summed E-state index contributed by atoms with van der Waals surface area (Å²) in [5.74, 6) is -2.36. The van der Waals surface area contributed by atoms with Crippen molar-refractivity contribution >= 4 is 24.5 Å². The lowest BCUT2D eigenvalue weighted by atomic mass is 9.81. The zero-order valence-electron chi connectivity index (χ0n) is 15.4. The number of aliphatic carboxylic acids is 1. The van der Waals surface area contributed by atoms with Gasteiger partial charge >= 0.3 is 14.4 Å². The zero-order chi connectivity index (χ0) is 20.0. The fraction of sp³-hybridized carbons (Fsp3) is 0.588. The third-order valence-corrected chi connectivity index (χ3v) is 6.18. The number of carboxylic acid groups (broad SMARTS) is 1. The molecule has 0 saturated heterocycles. The van der Waals surface area contributed by atoms with Gasteiger partial charge in [0.15, 0.2) is 6.16 Å². The topological polar surface area (TPSA) is 107 Å². The molecular formula is C17H26O7PS+. The lowest BCUT2D eigenvalue weighted by Crippen LogP contribution is -2.54. The van der Waals surface area contributed by atoms with E-state index in [9.17, 15) is 22.9 Å². The third kappa shape index (κ3) is 5.33. The molecule has 1 aromatic carbocycles. The monoisotopic (exact) mass is 405 g/mol. The van der Waals surface area contributed by atoms with Crippen molar-refractivity contribution in [3.05, 3.63) is 29.8 Å². The van der Waals surface area contributed by atoms with Crippen LogP contribution in [-0.2, 0) is 28.4 Å². The van der Waals surface area contributed by atoms with Crippen LogP contribution in [0.25, 0.3) is 0 Å². The van der Waals surface area contributed by atoms with E-state index in [1.54, 1.807) is 32.9 Å². The first-order valence-corrected chi connectivity index (χ1v) is 10.8. The van der Waals surface area contributed by atoms with Crippen LogP contribution in [0.2, 0.25) is 0 Å². The van der Waals surface area contributed by atoms with E-state index in [1.807, 2.05) is 6.92 Å². The number of ether oxygens (including phenoxy) is 1. The molecular weight excluding hydrogens is 379 g/mol. The van der Waals surface area contributed by atoms with Crippen LogP contribution in [0.15, 0.2) is 29.2 Å². The van der Waals surface area contributed by atoms with E-state index in [4.69, 9.17) is 8.92 Å². The Morgan fingerprint density at radius 3 is 2.27 bits per heavy atom. The van der Waals surface area contributed by atoms with Gasteiger partial charge < -0.3 is 9.84 Å². The molecule has 0 saturated carbocycles. The number of rotatable bonds is 11. The molecule has 0 aliphatic carbocycles. The standard InChI is InChI=1S/C17H25O7PS/c1-5-23-17(11-25-20,16(18)19)15(12(2)3)10-24-26(21,22)14-8-6-13(4)7-9-14/h6-9,12,15H,5,10-11H2,1-4H3,(H,18,19)/p+1. The quantitative estimate of drug-likeness (QED) is 0.446. The van der Waals surface area contributed by atoms with Gasteiger partial charge in [-0.25, -0.2) is 4.79 Å².